The fourth-order valence-electron chi connectivity index (χ4n) is 0.742. The van der Waals surface area contributed by atoms with Gasteiger partial charge in [-0.2, -0.15) is 0 Å². The van der Waals surface area contributed by atoms with Gasteiger partial charge in [0.1, 0.15) is 5.76 Å². The highest BCUT2D eigenvalue weighted by Gasteiger charge is 2.02. The van der Waals surface area contributed by atoms with Crippen molar-refractivity contribution < 1.29 is 9.52 Å². The van der Waals surface area contributed by atoms with Crippen LogP contribution < -0.4 is 0 Å². The molecule has 0 saturated carbocycles. The summed E-state index contributed by atoms with van der Waals surface area (Å²) < 4.78 is 5.18. The lowest BCUT2D eigenvalue weighted by molar-refractivity contribution is 0.284. The van der Waals surface area contributed by atoms with Gasteiger partial charge in [0.15, 0.2) is 5.89 Å². The van der Waals surface area contributed by atoms with Gasteiger partial charge in [-0.05, 0) is 13.8 Å². The van der Waals surface area contributed by atoms with E-state index in [1.807, 2.05) is 13.8 Å². The Bertz CT molecular complexity index is 198. The third-order valence-electron chi connectivity index (χ3n) is 1.40. The van der Waals surface area contributed by atoms with Crippen LogP contribution >= 0.6 is 0 Å². The molecule has 1 aromatic rings. The molecule has 56 valence electrons. The number of aryl methyl sites for hydroxylation is 2. The Morgan fingerprint density at radius 2 is 2.20 bits per heavy atom. The van der Waals surface area contributed by atoms with Gasteiger partial charge in [0, 0.05) is 6.42 Å². The van der Waals surface area contributed by atoms with Crippen LogP contribution in [0.1, 0.15) is 17.3 Å². The molecule has 10 heavy (non-hydrogen) atoms. The molecule has 0 atom stereocenters. The van der Waals surface area contributed by atoms with E-state index in [-0.39, 0.29) is 6.61 Å². The lowest BCUT2D eigenvalue weighted by Crippen LogP contribution is -1.89. The number of nitrogens with zero attached hydrogens (tertiary/aromatic N) is 1. The van der Waals surface area contributed by atoms with E-state index >= 15 is 0 Å². The number of aromatic nitrogens is 1. The Hall–Kier alpha value is -0.830. The highest BCUT2D eigenvalue weighted by molar-refractivity contribution is 5.05. The molecule has 1 N–H and O–H groups in total. The second kappa shape index (κ2) is 2.84. The van der Waals surface area contributed by atoms with Gasteiger partial charge in [-0.3, -0.25) is 0 Å². The minimum atomic E-state index is 0.0966. The minimum absolute atomic E-state index is 0.0966. The van der Waals surface area contributed by atoms with Crippen molar-refractivity contribution in [1.29, 1.82) is 0 Å². The van der Waals surface area contributed by atoms with E-state index in [0.717, 1.165) is 11.5 Å². The normalized spacial score (nSPS) is 10.3. The van der Waals surface area contributed by atoms with E-state index in [1.54, 1.807) is 0 Å². The molecule has 1 heterocycles. The standard InChI is InChI=1S/C7H11NO2/c1-5-6(2)10-7(8-5)3-4-9/h9H,3-4H2,1-2H3. The monoisotopic (exact) mass is 141 g/mol. The predicted molar refractivity (Wildman–Crippen MR) is 36.8 cm³/mol. The zero-order chi connectivity index (χ0) is 7.56. The number of rotatable bonds is 2. The number of oxazole rings is 1. The van der Waals surface area contributed by atoms with E-state index in [0.29, 0.717) is 12.3 Å². The highest BCUT2D eigenvalue weighted by Crippen LogP contribution is 2.07. The van der Waals surface area contributed by atoms with Crippen LogP contribution in [0.2, 0.25) is 0 Å². The zero-order valence-corrected chi connectivity index (χ0v) is 6.22. The summed E-state index contributed by atoms with van der Waals surface area (Å²) in [5.74, 6) is 1.46. The Kier molecular flexibility index (Phi) is 2.06. The van der Waals surface area contributed by atoms with Crippen LogP contribution in [-0.2, 0) is 6.42 Å². The van der Waals surface area contributed by atoms with E-state index in [9.17, 15) is 0 Å². The van der Waals surface area contributed by atoms with Crippen LogP contribution in [-0.4, -0.2) is 16.7 Å². The van der Waals surface area contributed by atoms with Gasteiger partial charge in [-0.25, -0.2) is 4.98 Å². The summed E-state index contributed by atoms with van der Waals surface area (Å²) in [5, 5.41) is 8.52. The number of aliphatic hydroxyl groups is 1. The van der Waals surface area contributed by atoms with Gasteiger partial charge in [0.2, 0.25) is 0 Å². The molecule has 3 heteroatoms. The molecule has 0 aliphatic heterocycles. The smallest absolute Gasteiger partial charge is 0.196 e. The average molecular weight is 141 g/mol. The SMILES string of the molecule is Cc1nc(CCO)oc1C. The fraction of sp³-hybridized carbons (Fsp3) is 0.571. The van der Waals surface area contributed by atoms with Crippen molar-refractivity contribution >= 4 is 0 Å². The Labute approximate surface area is 59.7 Å². The van der Waals surface area contributed by atoms with E-state index in [2.05, 4.69) is 4.98 Å². The van der Waals surface area contributed by atoms with Crippen molar-refractivity contribution in [2.75, 3.05) is 6.61 Å². The van der Waals surface area contributed by atoms with Crippen LogP contribution in [0.3, 0.4) is 0 Å². The summed E-state index contributed by atoms with van der Waals surface area (Å²) in [7, 11) is 0. The summed E-state index contributed by atoms with van der Waals surface area (Å²) in [6.07, 6.45) is 0.509. The molecule has 0 aliphatic rings. The van der Waals surface area contributed by atoms with Crippen LogP contribution in [0.25, 0.3) is 0 Å². The molecule has 0 aliphatic carbocycles. The third kappa shape index (κ3) is 1.36. The first-order valence-electron chi connectivity index (χ1n) is 3.28. The van der Waals surface area contributed by atoms with Crippen LogP contribution in [0.5, 0.6) is 0 Å². The molecule has 0 bridgehead atoms. The molecule has 0 amide bonds. The summed E-state index contributed by atoms with van der Waals surface area (Å²) in [5.41, 5.74) is 0.906. The molecule has 0 fully saturated rings. The topological polar surface area (TPSA) is 46.3 Å². The molecule has 0 saturated heterocycles. The first kappa shape index (κ1) is 7.28. The number of hydrogen-bond acceptors (Lipinski definition) is 3. The molecule has 3 nitrogen and oxygen atoms in total. The lowest BCUT2D eigenvalue weighted by atomic mass is 10.4. The van der Waals surface area contributed by atoms with Crippen LogP contribution in [0.15, 0.2) is 4.42 Å². The van der Waals surface area contributed by atoms with Gasteiger partial charge >= 0.3 is 0 Å². The van der Waals surface area contributed by atoms with Gasteiger partial charge < -0.3 is 9.52 Å². The molecule has 0 radical (unpaired) electrons. The summed E-state index contributed by atoms with van der Waals surface area (Å²) in [6, 6.07) is 0. The van der Waals surface area contributed by atoms with Gasteiger partial charge in [-0.15, -0.1) is 0 Å². The second-order valence-electron chi connectivity index (χ2n) is 2.22. The quantitative estimate of drug-likeness (QED) is 0.663. The van der Waals surface area contributed by atoms with Crippen molar-refractivity contribution in [2.24, 2.45) is 0 Å². The molecule has 0 aromatic carbocycles. The minimum Gasteiger partial charge on any atom is -0.446 e. The maximum atomic E-state index is 8.52. The first-order valence-corrected chi connectivity index (χ1v) is 3.28. The Morgan fingerprint density at radius 3 is 2.60 bits per heavy atom. The van der Waals surface area contributed by atoms with Crippen molar-refractivity contribution in [3.05, 3.63) is 17.3 Å². The molecule has 1 aromatic heterocycles. The summed E-state index contributed by atoms with van der Waals surface area (Å²) in [4.78, 5) is 4.07. The van der Waals surface area contributed by atoms with Crippen molar-refractivity contribution in [3.8, 4) is 0 Å². The molecule has 1 rings (SSSR count). The van der Waals surface area contributed by atoms with Gasteiger partial charge in [0.25, 0.3) is 0 Å². The average Bonchev–Trinajstić information content (AvgIpc) is 2.14. The van der Waals surface area contributed by atoms with Crippen LogP contribution in [0, 0.1) is 13.8 Å². The second-order valence-corrected chi connectivity index (χ2v) is 2.22. The van der Waals surface area contributed by atoms with Crippen LogP contribution in [0.4, 0.5) is 0 Å². The van der Waals surface area contributed by atoms with E-state index < -0.39 is 0 Å². The largest absolute Gasteiger partial charge is 0.446 e. The third-order valence-corrected chi connectivity index (χ3v) is 1.40. The van der Waals surface area contributed by atoms with E-state index in [4.69, 9.17) is 9.52 Å². The first-order chi connectivity index (χ1) is 4.74. The van der Waals surface area contributed by atoms with Crippen molar-refractivity contribution in [3.63, 3.8) is 0 Å². The summed E-state index contributed by atoms with van der Waals surface area (Å²) >= 11 is 0. The summed E-state index contributed by atoms with van der Waals surface area (Å²) in [6.45, 7) is 3.85. The molecular formula is C7H11NO2. The zero-order valence-electron chi connectivity index (χ0n) is 6.22. The number of hydrogen-bond donors (Lipinski definition) is 1. The Morgan fingerprint density at radius 1 is 1.50 bits per heavy atom. The predicted octanol–water partition coefficient (Wildman–Crippen LogP) is 0.826. The Balaban J connectivity index is 2.77. The maximum Gasteiger partial charge on any atom is 0.196 e. The van der Waals surface area contributed by atoms with Gasteiger partial charge in [-0.1, -0.05) is 0 Å². The highest BCUT2D eigenvalue weighted by atomic mass is 16.4. The van der Waals surface area contributed by atoms with E-state index in [1.165, 1.54) is 0 Å². The molecule has 0 unspecified atom stereocenters. The van der Waals surface area contributed by atoms with Gasteiger partial charge in [0.05, 0.1) is 12.3 Å². The molecule has 0 spiro atoms. The fourth-order valence-corrected chi connectivity index (χ4v) is 0.742. The van der Waals surface area contributed by atoms with Crippen molar-refractivity contribution in [1.82, 2.24) is 4.98 Å². The maximum absolute atomic E-state index is 8.52. The lowest BCUT2D eigenvalue weighted by Gasteiger charge is -1.85. The number of aliphatic hydroxyl groups excluding tert-OH is 1. The van der Waals surface area contributed by atoms with Crippen molar-refractivity contribution in [2.45, 2.75) is 20.3 Å². The molecular weight excluding hydrogens is 130 g/mol.